The minimum absolute atomic E-state index is 0.0231. The van der Waals surface area contributed by atoms with Crippen molar-refractivity contribution in [1.29, 1.82) is 0 Å². The van der Waals surface area contributed by atoms with Crippen LogP contribution in [-0.2, 0) is 9.47 Å². The van der Waals surface area contributed by atoms with Gasteiger partial charge >= 0.3 is 0 Å². The lowest BCUT2D eigenvalue weighted by Gasteiger charge is -2.15. The fourth-order valence-corrected chi connectivity index (χ4v) is 4.47. The number of hydrogen-bond donors (Lipinski definition) is 0. The molecule has 0 N–H and O–H groups in total. The van der Waals surface area contributed by atoms with Gasteiger partial charge in [-0.05, 0) is 38.1 Å². The molecule has 0 unspecified atom stereocenters. The topological polar surface area (TPSA) is 52.6 Å². The lowest BCUT2D eigenvalue weighted by molar-refractivity contribution is -0.107. The van der Waals surface area contributed by atoms with Crippen LogP contribution in [0.1, 0.15) is 24.2 Å². The van der Waals surface area contributed by atoms with Crippen LogP contribution in [0.15, 0.2) is 77.6 Å². The molecular weight excluding hydrogens is 432 g/mol. The highest BCUT2D eigenvalue weighted by Gasteiger charge is 2.19. The second kappa shape index (κ2) is 11.2. The minimum atomic E-state index is -0.776. The van der Waals surface area contributed by atoms with Crippen molar-refractivity contribution in [1.82, 2.24) is 0 Å². The Kier molecular flexibility index (Phi) is 8.32. The number of ketones is 1. The van der Waals surface area contributed by atoms with Crippen molar-refractivity contribution in [2.45, 2.75) is 20.1 Å². The second-order valence-electron chi connectivity index (χ2n) is 6.51. The molecule has 160 valence electrons. The van der Waals surface area contributed by atoms with Crippen molar-refractivity contribution in [3.63, 3.8) is 0 Å². The SMILES string of the molecule is CCOC(OCC)C(=O)c1ccccc1.O=c1c2ccccc2sc2cccc(Cl)c12. The number of benzene rings is 3. The Hall–Kier alpha value is -2.57. The summed E-state index contributed by atoms with van der Waals surface area (Å²) in [6, 6.07) is 22.2. The largest absolute Gasteiger partial charge is 0.346 e. The van der Waals surface area contributed by atoms with E-state index in [1.54, 1.807) is 29.5 Å². The van der Waals surface area contributed by atoms with Crippen LogP contribution in [0.5, 0.6) is 0 Å². The fraction of sp³-hybridized carbons (Fsp3) is 0.200. The van der Waals surface area contributed by atoms with Crippen LogP contribution in [0.3, 0.4) is 0 Å². The number of ether oxygens (including phenoxy) is 2. The van der Waals surface area contributed by atoms with Gasteiger partial charge in [-0.2, -0.15) is 0 Å². The molecule has 1 heterocycles. The van der Waals surface area contributed by atoms with E-state index < -0.39 is 6.29 Å². The zero-order chi connectivity index (χ0) is 22.2. The molecule has 0 amide bonds. The van der Waals surface area contributed by atoms with Crippen LogP contribution in [0.4, 0.5) is 0 Å². The standard InChI is InChI=1S/C13H7ClOS.C12H16O3/c14-9-5-3-7-11-12(9)13(15)8-4-1-2-6-10(8)16-11;1-3-14-12(15-4-2)11(13)10-8-6-5-7-9-10/h1-7H;5-9,12H,3-4H2,1-2H3. The van der Waals surface area contributed by atoms with Gasteiger partial charge in [0.1, 0.15) is 0 Å². The number of carbonyl (C=O) groups excluding carboxylic acids is 1. The molecule has 31 heavy (non-hydrogen) atoms. The van der Waals surface area contributed by atoms with Gasteiger partial charge in [0.05, 0.1) is 10.4 Å². The highest BCUT2D eigenvalue weighted by molar-refractivity contribution is 7.24. The van der Waals surface area contributed by atoms with E-state index in [9.17, 15) is 9.59 Å². The first kappa shape index (κ1) is 23.1. The van der Waals surface area contributed by atoms with Crippen LogP contribution in [0, 0.1) is 0 Å². The zero-order valence-electron chi connectivity index (χ0n) is 17.3. The zero-order valence-corrected chi connectivity index (χ0v) is 18.9. The Labute approximate surface area is 190 Å². The van der Waals surface area contributed by atoms with Crippen molar-refractivity contribution < 1.29 is 14.3 Å². The normalized spacial score (nSPS) is 10.8. The average Bonchev–Trinajstić information content (AvgIpc) is 2.80. The minimum Gasteiger partial charge on any atom is -0.346 e. The first-order chi connectivity index (χ1) is 15.1. The smallest absolute Gasteiger partial charge is 0.222 e. The van der Waals surface area contributed by atoms with Gasteiger partial charge in [-0.25, -0.2) is 0 Å². The van der Waals surface area contributed by atoms with Gasteiger partial charge in [0.15, 0.2) is 5.43 Å². The van der Waals surface area contributed by atoms with E-state index in [1.165, 1.54) is 0 Å². The first-order valence-corrected chi connectivity index (χ1v) is 11.2. The predicted octanol–water partition coefficient (Wildman–Crippen LogP) is 6.34. The van der Waals surface area contributed by atoms with Gasteiger partial charge in [-0.3, -0.25) is 9.59 Å². The molecule has 0 saturated heterocycles. The molecule has 0 aliphatic rings. The van der Waals surface area contributed by atoms with Crippen LogP contribution < -0.4 is 5.43 Å². The van der Waals surface area contributed by atoms with E-state index in [-0.39, 0.29) is 11.2 Å². The summed E-state index contributed by atoms with van der Waals surface area (Å²) < 4.78 is 12.4. The number of rotatable bonds is 6. The quantitative estimate of drug-likeness (QED) is 0.194. The second-order valence-corrected chi connectivity index (χ2v) is 8.00. The number of fused-ring (bicyclic) bond motifs is 2. The molecule has 0 aliphatic carbocycles. The molecule has 6 heteroatoms. The Bertz CT molecular complexity index is 1210. The molecule has 0 atom stereocenters. The number of halogens is 1. The van der Waals surface area contributed by atoms with E-state index in [2.05, 4.69) is 0 Å². The van der Waals surface area contributed by atoms with E-state index in [0.717, 1.165) is 14.8 Å². The summed E-state index contributed by atoms with van der Waals surface area (Å²) >= 11 is 7.66. The molecule has 1 aromatic heterocycles. The monoisotopic (exact) mass is 454 g/mol. The van der Waals surface area contributed by atoms with Gasteiger partial charge in [-0.15, -0.1) is 11.3 Å². The van der Waals surface area contributed by atoms with Crippen molar-refractivity contribution in [2.24, 2.45) is 0 Å². The van der Waals surface area contributed by atoms with Gasteiger partial charge in [0, 0.05) is 33.6 Å². The lowest BCUT2D eigenvalue weighted by atomic mass is 10.1. The van der Waals surface area contributed by atoms with Gasteiger partial charge in [-0.1, -0.05) is 60.1 Å². The van der Waals surface area contributed by atoms with Crippen molar-refractivity contribution in [3.05, 3.63) is 93.6 Å². The van der Waals surface area contributed by atoms with E-state index in [1.807, 2.05) is 68.4 Å². The summed E-state index contributed by atoms with van der Waals surface area (Å²) in [4.78, 5) is 24.1. The van der Waals surface area contributed by atoms with Gasteiger partial charge in [0.25, 0.3) is 0 Å². The average molecular weight is 455 g/mol. The van der Waals surface area contributed by atoms with E-state index in [4.69, 9.17) is 21.1 Å². The van der Waals surface area contributed by atoms with Crippen LogP contribution >= 0.6 is 22.9 Å². The third kappa shape index (κ3) is 5.57. The molecule has 0 saturated carbocycles. The highest BCUT2D eigenvalue weighted by atomic mass is 35.5. The summed E-state index contributed by atoms with van der Waals surface area (Å²) in [5.41, 5.74) is 0.638. The summed E-state index contributed by atoms with van der Waals surface area (Å²) in [6.07, 6.45) is -0.776. The molecule has 4 nitrogen and oxygen atoms in total. The molecule has 3 aromatic carbocycles. The van der Waals surface area contributed by atoms with E-state index in [0.29, 0.717) is 29.2 Å². The van der Waals surface area contributed by atoms with Gasteiger partial charge in [0.2, 0.25) is 12.1 Å². The molecule has 0 bridgehead atoms. The Balaban J connectivity index is 0.000000176. The maximum atomic E-state index is 12.2. The molecule has 4 rings (SSSR count). The maximum absolute atomic E-state index is 12.2. The number of hydrogen-bond acceptors (Lipinski definition) is 5. The van der Waals surface area contributed by atoms with Crippen LogP contribution in [-0.4, -0.2) is 25.3 Å². The number of Topliss-reactive ketones (excluding diaryl/α,β-unsaturated/α-hetero) is 1. The Morgan fingerprint density at radius 3 is 2.16 bits per heavy atom. The molecule has 0 radical (unpaired) electrons. The molecule has 0 spiro atoms. The predicted molar refractivity (Wildman–Crippen MR) is 128 cm³/mol. The van der Waals surface area contributed by atoms with Crippen molar-refractivity contribution in [2.75, 3.05) is 13.2 Å². The van der Waals surface area contributed by atoms with Crippen LogP contribution in [0.25, 0.3) is 20.2 Å². The van der Waals surface area contributed by atoms with Gasteiger partial charge < -0.3 is 9.47 Å². The molecule has 0 fully saturated rings. The first-order valence-electron chi connectivity index (χ1n) is 9.99. The molecule has 0 aliphatic heterocycles. The van der Waals surface area contributed by atoms with Crippen LogP contribution in [0.2, 0.25) is 5.02 Å². The highest BCUT2D eigenvalue weighted by Crippen LogP contribution is 2.28. The van der Waals surface area contributed by atoms with Crippen molar-refractivity contribution in [3.8, 4) is 0 Å². The summed E-state index contributed by atoms with van der Waals surface area (Å²) in [5.74, 6) is -0.126. The third-order valence-electron chi connectivity index (χ3n) is 4.46. The summed E-state index contributed by atoms with van der Waals surface area (Å²) in [6.45, 7) is 4.60. The molecular formula is C25H23ClO4S. The van der Waals surface area contributed by atoms with Crippen molar-refractivity contribution >= 4 is 48.9 Å². The lowest BCUT2D eigenvalue weighted by Crippen LogP contribution is -2.27. The summed E-state index contributed by atoms with van der Waals surface area (Å²) in [7, 11) is 0. The Morgan fingerprint density at radius 2 is 1.48 bits per heavy atom. The molecule has 4 aromatic rings. The number of carbonyl (C=O) groups is 1. The fourth-order valence-electron chi connectivity index (χ4n) is 3.05. The maximum Gasteiger partial charge on any atom is 0.222 e. The Morgan fingerprint density at radius 1 is 0.871 bits per heavy atom. The van der Waals surface area contributed by atoms with E-state index >= 15 is 0 Å². The third-order valence-corrected chi connectivity index (χ3v) is 5.91. The summed E-state index contributed by atoms with van der Waals surface area (Å²) in [5, 5.41) is 1.91.